The van der Waals surface area contributed by atoms with Gasteiger partial charge in [0.25, 0.3) is 5.91 Å². The third-order valence-corrected chi connectivity index (χ3v) is 3.06. The molecule has 2 N–H and O–H groups in total. The van der Waals surface area contributed by atoms with Crippen molar-refractivity contribution in [2.24, 2.45) is 0 Å². The van der Waals surface area contributed by atoms with Crippen LogP contribution in [0, 0.1) is 11.6 Å². The standard InChI is InChI=1S/C15H9F2NO2/c16-11-6-8(7-12(17)14(11)19)5-10-9-3-1-2-4-13(9)18-15(10)20/h1-7,19H,(H,18,20)/b10-5+. The molecule has 100 valence electrons. The maximum absolute atomic E-state index is 13.3. The average molecular weight is 273 g/mol. The summed E-state index contributed by atoms with van der Waals surface area (Å²) in [6.07, 6.45) is 1.38. The van der Waals surface area contributed by atoms with Crippen molar-refractivity contribution in [3.8, 4) is 5.75 Å². The van der Waals surface area contributed by atoms with E-state index in [4.69, 9.17) is 5.11 Å². The molecule has 2 aromatic carbocycles. The number of carbonyl (C=O) groups excluding carboxylic acids is 1. The summed E-state index contributed by atoms with van der Waals surface area (Å²) in [6, 6.07) is 8.98. The van der Waals surface area contributed by atoms with Crippen molar-refractivity contribution in [1.82, 2.24) is 0 Å². The Hall–Kier alpha value is -2.69. The second kappa shape index (κ2) is 4.45. The minimum absolute atomic E-state index is 0.166. The van der Waals surface area contributed by atoms with Gasteiger partial charge in [-0.3, -0.25) is 4.79 Å². The summed E-state index contributed by atoms with van der Waals surface area (Å²) in [6.45, 7) is 0. The van der Waals surface area contributed by atoms with Gasteiger partial charge in [-0.2, -0.15) is 0 Å². The molecule has 0 bridgehead atoms. The summed E-state index contributed by atoms with van der Waals surface area (Å²) in [5.41, 5.74) is 1.82. The van der Waals surface area contributed by atoms with E-state index in [2.05, 4.69) is 5.32 Å². The fraction of sp³-hybridized carbons (Fsp3) is 0. The number of fused-ring (bicyclic) bond motifs is 1. The zero-order valence-corrected chi connectivity index (χ0v) is 10.2. The van der Waals surface area contributed by atoms with Crippen molar-refractivity contribution in [1.29, 1.82) is 0 Å². The van der Waals surface area contributed by atoms with E-state index < -0.39 is 17.4 Å². The van der Waals surface area contributed by atoms with Gasteiger partial charge in [0.1, 0.15) is 0 Å². The molecule has 3 rings (SSSR count). The molecule has 0 atom stereocenters. The van der Waals surface area contributed by atoms with Crippen LogP contribution in [0.1, 0.15) is 11.1 Å². The van der Waals surface area contributed by atoms with Crippen LogP contribution in [0.3, 0.4) is 0 Å². The second-order valence-corrected chi connectivity index (χ2v) is 4.39. The number of carbonyl (C=O) groups is 1. The number of nitrogens with one attached hydrogen (secondary N) is 1. The van der Waals surface area contributed by atoms with Gasteiger partial charge in [-0.15, -0.1) is 0 Å². The monoisotopic (exact) mass is 273 g/mol. The van der Waals surface area contributed by atoms with E-state index in [1.807, 2.05) is 0 Å². The largest absolute Gasteiger partial charge is 0.503 e. The zero-order chi connectivity index (χ0) is 14.3. The number of phenols is 1. The summed E-state index contributed by atoms with van der Waals surface area (Å²) in [5, 5.41) is 11.7. The second-order valence-electron chi connectivity index (χ2n) is 4.39. The summed E-state index contributed by atoms with van der Waals surface area (Å²) in [4.78, 5) is 11.9. The van der Waals surface area contributed by atoms with Gasteiger partial charge in [0.2, 0.25) is 0 Å². The molecular formula is C15H9F2NO2. The van der Waals surface area contributed by atoms with Gasteiger partial charge < -0.3 is 10.4 Å². The smallest absolute Gasteiger partial charge is 0.256 e. The highest BCUT2D eigenvalue weighted by Crippen LogP contribution is 2.33. The third kappa shape index (κ3) is 1.93. The van der Waals surface area contributed by atoms with E-state index >= 15 is 0 Å². The van der Waals surface area contributed by atoms with E-state index in [0.29, 0.717) is 16.8 Å². The Labute approximate surface area is 113 Å². The Morgan fingerprint density at radius 1 is 1.10 bits per heavy atom. The highest BCUT2D eigenvalue weighted by Gasteiger charge is 2.23. The number of rotatable bonds is 1. The lowest BCUT2D eigenvalue weighted by Gasteiger charge is -2.01. The van der Waals surface area contributed by atoms with Crippen LogP contribution in [0.5, 0.6) is 5.75 Å². The van der Waals surface area contributed by atoms with Crippen molar-refractivity contribution in [3.63, 3.8) is 0 Å². The number of halogens is 2. The molecule has 3 nitrogen and oxygen atoms in total. The number of para-hydroxylation sites is 1. The fourth-order valence-corrected chi connectivity index (χ4v) is 2.12. The lowest BCUT2D eigenvalue weighted by Crippen LogP contribution is -2.03. The molecule has 1 aliphatic rings. The normalized spacial score (nSPS) is 15.3. The highest BCUT2D eigenvalue weighted by molar-refractivity contribution is 6.34. The Morgan fingerprint density at radius 2 is 1.75 bits per heavy atom. The summed E-state index contributed by atoms with van der Waals surface area (Å²) >= 11 is 0. The van der Waals surface area contributed by atoms with Crippen LogP contribution in [0.4, 0.5) is 14.5 Å². The summed E-state index contributed by atoms with van der Waals surface area (Å²) in [5.74, 6) is -3.49. The van der Waals surface area contributed by atoms with E-state index in [-0.39, 0.29) is 11.5 Å². The first-order chi connectivity index (χ1) is 9.56. The quantitative estimate of drug-likeness (QED) is 0.784. The molecule has 0 radical (unpaired) electrons. The predicted molar refractivity (Wildman–Crippen MR) is 71.0 cm³/mol. The first-order valence-corrected chi connectivity index (χ1v) is 5.87. The number of aromatic hydroxyl groups is 1. The molecule has 0 fully saturated rings. The lowest BCUT2D eigenvalue weighted by molar-refractivity contribution is -0.110. The van der Waals surface area contributed by atoms with Crippen LogP contribution >= 0.6 is 0 Å². The van der Waals surface area contributed by atoms with Crippen molar-refractivity contribution in [3.05, 3.63) is 59.2 Å². The minimum atomic E-state index is -1.07. The number of hydrogen-bond acceptors (Lipinski definition) is 2. The maximum atomic E-state index is 13.3. The predicted octanol–water partition coefficient (Wildman–Crippen LogP) is 3.16. The fourth-order valence-electron chi connectivity index (χ4n) is 2.12. The van der Waals surface area contributed by atoms with Gasteiger partial charge in [-0.05, 0) is 29.8 Å². The maximum Gasteiger partial charge on any atom is 0.256 e. The molecule has 5 heteroatoms. The molecule has 0 saturated carbocycles. The first-order valence-electron chi connectivity index (χ1n) is 5.87. The molecule has 2 aromatic rings. The molecule has 20 heavy (non-hydrogen) atoms. The van der Waals surface area contributed by atoms with Gasteiger partial charge >= 0.3 is 0 Å². The Bertz CT molecular complexity index is 730. The number of amides is 1. The van der Waals surface area contributed by atoms with Crippen molar-refractivity contribution < 1.29 is 18.7 Å². The number of anilines is 1. The van der Waals surface area contributed by atoms with Crippen molar-refractivity contribution in [2.45, 2.75) is 0 Å². The van der Waals surface area contributed by atoms with Crippen LogP contribution in [0.25, 0.3) is 11.6 Å². The average Bonchev–Trinajstić information content (AvgIpc) is 2.73. The van der Waals surface area contributed by atoms with E-state index in [1.165, 1.54) is 6.08 Å². The summed E-state index contributed by atoms with van der Waals surface area (Å²) < 4.78 is 26.6. The van der Waals surface area contributed by atoms with Gasteiger partial charge in [0.05, 0.1) is 0 Å². The van der Waals surface area contributed by atoms with Crippen molar-refractivity contribution >= 4 is 23.2 Å². The van der Waals surface area contributed by atoms with Crippen LogP contribution in [-0.2, 0) is 4.79 Å². The molecule has 0 aliphatic carbocycles. The molecule has 0 spiro atoms. The molecule has 0 unspecified atom stereocenters. The number of phenolic OH excluding ortho intramolecular Hbond substituents is 1. The van der Waals surface area contributed by atoms with Gasteiger partial charge in [0.15, 0.2) is 17.4 Å². The molecule has 0 aromatic heterocycles. The van der Waals surface area contributed by atoms with Gasteiger partial charge in [-0.1, -0.05) is 18.2 Å². The van der Waals surface area contributed by atoms with E-state index in [0.717, 1.165) is 12.1 Å². The topological polar surface area (TPSA) is 49.3 Å². The van der Waals surface area contributed by atoms with E-state index in [9.17, 15) is 13.6 Å². The van der Waals surface area contributed by atoms with E-state index in [1.54, 1.807) is 24.3 Å². The Morgan fingerprint density at radius 3 is 2.45 bits per heavy atom. The minimum Gasteiger partial charge on any atom is -0.503 e. The number of benzene rings is 2. The Balaban J connectivity index is 2.11. The van der Waals surface area contributed by atoms with Gasteiger partial charge in [-0.25, -0.2) is 8.78 Å². The first kappa shape index (κ1) is 12.3. The van der Waals surface area contributed by atoms with Crippen LogP contribution in [0.2, 0.25) is 0 Å². The summed E-state index contributed by atoms with van der Waals surface area (Å²) in [7, 11) is 0. The number of hydrogen-bond donors (Lipinski definition) is 2. The molecule has 1 amide bonds. The van der Waals surface area contributed by atoms with Crippen LogP contribution in [0.15, 0.2) is 36.4 Å². The zero-order valence-electron chi connectivity index (χ0n) is 10.2. The molecule has 1 heterocycles. The highest BCUT2D eigenvalue weighted by atomic mass is 19.1. The SMILES string of the molecule is O=C1Nc2ccccc2/C1=C\c1cc(F)c(O)c(F)c1. The molecule has 0 saturated heterocycles. The Kier molecular flexibility index (Phi) is 2.75. The van der Waals surface area contributed by atoms with Crippen LogP contribution in [-0.4, -0.2) is 11.0 Å². The van der Waals surface area contributed by atoms with Gasteiger partial charge in [0, 0.05) is 16.8 Å². The lowest BCUT2D eigenvalue weighted by atomic mass is 10.0. The van der Waals surface area contributed by atoms with Crippen LogP contribution < -0.4 is 5.32 Å². The van der Waals surface area contributed by atoms with Crippen molar-refractivity contribution in [2.75, 3.05) is 5.32 Å². The molecular weight excluding hydrogens is 264 g/mol. The third-order valence-electron chi connectivity index (χ3n) is 3.06. The molecule has 1 aliphatic heterocycles.